The number of carbonyl (C=O) groups excluding carboxylic acids is 1. The second-order valence-corrected chi connectivity index (χ2v) is 4.34. The molecule has 0 spiro atoms. The van der Waals surface area contributed by atoms with E-state index in [0.29, 0.717) is 12.1 Å². The van der Waals surface area contributed by atoms with Gasteiger partial charge in [0.05, 0.1) is 23.0 Å². The fraction of sp³-hybridized carbons (Fsp3) is 0.385. The highest BCUT2D eigenvalue weighted by Crippen LogP contribution is 2.26. The van der Waals surface area contributed by atoms with E-state index in [-0.39, 0.29) is 23.1 Å². The van der Waals surface area contributed by atoms with Crippen LogP contribution >= 0.6 is 0 Å². The Labute approximate surface area is 111 Å². The van der Waals surface area contributed by atoms with Crippen LogP contribution in [-0.2, 0) is 0 Å². The van der Waals surface area contributed by atoms with Gasteiger partial charge >= 0.3 is 0 Å². The van der Waals surface area contributed by atoms with Crippen LogP contribution in [0.1, 0.15) is 30.6 Å². The highest BCUT2D eigenvalue weighted by molar-refractivity contribution is 5.99. The summed E-state index contributed by atoms with van der Waals surface area (Å²) in [6.07, 6.45) is 0.336. The van der Waals surface area contributed by atoms with Crippen LogP contribution in [0.4, 0.5) is 11.4 Å². The molecule has 19 heavy (non-hydrogen) atoms. The van der Waals surface area contributed by atoms with E-state index >= 15 is 0 Å². The number of anilines is 1. The molecule has 0 fully saturated rings. The Hall–Kier alpha value is -2.42. The molecule has 0 amide bonds. The van der Waals surface area contributed by atoms with Gasteiger partial charge in [-0.25, -0.2) is 0 Å². The Bertz CT molecular complexity index is 549. The molecule has 0 radical (unpaired) electrons. The molecule has 0 saturated heterocycles. The van der Waals surface area contributed by atoms with Crippen LogP contribution in [-0.4, -0.2) is 23.8 Å². The lowest BCUT2D eigenvalue weighted by Crippen LogP contribution is -2.28. The third-order valence-corrected chi connectivity index (χ3v) is 3.01. The molecule has 1 atom stereocenters. The molecule has 0 aromatic heterocycles. The number of hydrogen-bond donors (Lipinski definition) is 0. The highest BCUT2D eigenvalue weighted by Gasteiger charge is 2.19. The number of ketones is 1. The first-order valence-corrected chi connectivity index (χ1v) is 5.77. The normalized spacial score (nSPS) is 11.5. The summed E-state index contributed by atoms with van der Waals surface area (Å²) in [6, 6.07) is 6.43. The Balaban J connectivity index is 3.19. The van der Waals surface area contributed by atoms with Gasteiger partial charge in [0, 0.05) is 24.8 Å². The number of Topliss-reactive ketones (excluding diaryl/α,β-unsaturated/α-hetero) is 1. The van der Waals surface area contributed by atoms with E-state index in [9.17, 15) is 14.9 Å². The molecule has 0 aliphatic carbocycles. The maximum atomic E-state index is 11.5. The maximum Gasteiger partial charge on any atom is 0.280 e. The zero-order valence-corrected chi connectivity index (χ0v) is 11.1. The lowest BCUT2D eigenvalue weighted by molar-refractivity contribution is -0.385. The summed E-state index contributed by atoms with van der Waals surface area (Å²) in [6.45, 7) is 3.17. The van der Waals surface area contributed by atoms with Crippen molar-refractivity contribution in [1.82, 2.24) is 0 Å². The number of hydrogen-bond acceptors (Lipinski definition) is 5. The SMILES string of the molecule is CC(=O)c1cc(N(C)C(C)CC#N)ccc1[N+](=O)[O-]. The Morgan fingerprint density at radius 1 is 1.58 bits per heavy atom. The van der Waals surface area contributed by atoms with Crippen molar-refractivity contribution in [2.24, 2.45) is 0 Å². The smallest absolute Gasteiger partial charge is 0.280 e. The van der Waals surface area contributed by atoms with Gasteiger partial charge in [-0.05, 0) is 26.0 Å². The van der Waals surface area contributed by atoms with E-state index in [4.69, 9.17) is 5.26 Å². The Kier molecular flexibility index (Phi) is 4.59. The fourth-order valence-electron chi connectivity index (χ4n) is 1.71. The van der Waals surface area contributed by atoms with E-state index in [1.807, 2.05) is 11.8 Å². The number of carbonyl (C=O) groups is 1. The van der Waals surface area contributed by atoms with Gasteiger partial charge in [-0.3, -0.25) is 14.9 Å². The predicted molar refractivity (Wildman–Crippen MR) is 71.2 cm³/mol. The summed E-state index contributed by atoms with van der Waals surface area (Å²) in [7, 11) is 1.78. The van der Waals surface area contributed by atoms with Gasteiger partial charge in [0.2, 0.25) is 0 Å². The van der Waals surface area contributed by atoms with Crippen molar-refractivity contribution in [3.63, 3.8) is 0 Å². The van der Waals surface area contributed by atoms with Gasteiger partial charge in [-0.2, -0.15) is 5.26 Å². The van der Waals surface area contributed by atoms with E-state index in [1.165, 1.54) is 19.1 Å². The third-order valence-electron chi connectivity index (χ3n) is 3.01. The molecule has 0 saturated carbocycles. The number of nitro benzene ring substituents is 1. The largest absolute Gasteiger partial charge is 0.371 e. The molecule has 1 unspecified atom stereocenters. The fourth-order valence-corrected chi connectivity index (χ4v) is 1.71. The number of rotatable bonds is 5. The standard InChI is InChI=1S/C13H15N3O3/c1-9(6-7-14)15(3)11-4-5-13(16(18)19)12(8-11)10(2)17/h4-5,8-9H,6H2,1-3H3. The van der Waals surface area contributed by atoms with Crippen LogP contribution in [0, 0.1) is 21.4 Å². The summed E-state index contributed by atoms with van der Waals surface area (Å²) < 4.78 is 0. The minimum atomic E-state index is -0.570. The number of nitro groups is 1. The molecule has 0 aliphatic rings. The van der Waals surface area contributed by atoms with E-state index in [2.05, 4.69) is 6.07 Å². The molecule has 6 nitrogen and oxygen atoms in total. The van der Waals surface area contributed by atoms with Crippen LogP contribution in [0.5, 0.6) is 0 Å². The van der Waals surface area contributed by atoms with Crippen LogP contribution in [0.25, 0.3) is 0 Å². The summed E-state index contributed by atoms with van der Waals surface area (Å²) in [5.41, 5.74) is 0.564. The van der Waals surface area contributed by atoms with Crippen LogP contribution in [0.3, 0.4) is 0 Å². The van der Waals surface area contributed by atoms with Crippen molar-refractivity contribution in [3.8, 4) is 6.07 Å². The molecule has 6 heteroatoms. The molecule has 0 bridgehead atoms. The molecule has 0 heterocycles. The summed E-state index contributed by atoms with van der Waals surface area (Å²) >= 11 is 0. The van der Waals surface area contributed by atoms with Crippen molar-refractivity contribution < 1.29 is 9.72 Å². The van der Waals surface area contributed by atoms with Crippen LogP contribution < -0.4 is 4.90 Å². The molecule has 1 aromatic carbocycles. The predicted octanol–water partition coefficient (Wildman–Crippen LogP) is 2.54. The van der Waals surface area contributed by atoms with E-state index in [1.54, 1.807) is 13.1 Å². The second-order valence-electron chi connectivity index (χ2n) is 4.34. The molecule has 0 N–H and O–H groups in total. The molecule has 1 aromatic rings. The Morgan fingerprint density at radius 3 is 2.68 bits per heavy atom. The molecule has 0 aliphatic heterocycles. The first-order chi connectivity index (χ1) is 8.88. The van der Waals surface area contributed by atoms with Crippen molar-refractivity contribution in [2.45, 2.75) is 26.3 Å². The van der Waals surface area contributed by atoms with Crippen molar-refractivity contribution in [2.75, 3.05) is 11.9 Å². The summed E-state index contributed by atoms with van der Waals surface area (Å²) in [5, 5.41) is 19.5. The maximum absolute atomic E-state index is 11.5. The molecule has 100 valence electrons. The van der Waals surface area contributed by atoms with Crippen molar-refractivity contribution >= 4 is 17.2 Å². The second kappa shape index (κ2) is 5.96. The Morgan fingerprint density at radius 2 is 2.21 bits per heavy atom. The number of nitriles is 1. The van der Waals surface area contributed by atoms with Gasteiger partial charge in [0.25, 0.3) is 5.69 Å². The molecule has 1 rings (SSSR count). The monoisotopic (exact) mass is 261 g/mol. The van der Waals surface area contributed by atoms with Crippen LogP contribution in [0.15, 0.2) is 18.2 Å². The van der Waals surface area contributed by atoms with Gasteiger partial charge in [0.15, 0.2) is 5.78 Å². The van der Waals surface area contributed by atoms with Crippen molar-refractivity contribution in [3.05, 3.63) is 33.9 Å². The zero-order valence-electron chi connectivity index (χ0n) is 11.1. The summed E-state index contributed by atoms with van der Waals surface area (Å²) in [4.78, 5) is 23.6. The van der Waals surface area contributed by atoms with Crippen LogP contribution in [0.2, 0.25) is 0 Å². The minimum Gasteiger partial charge on any atom is -0.371 e. The average Bonchev–Trinajstić information content (AvgIpc) is 2.37. The third kappa shape index (κ3) is 3.28. The first kappa shape index (κ1) is 14.6. The zero-order chi connectivity index (χ0) is 14.6. The summed E-state index contributed by atoms with van der Waals surface area (Å²) in [5.74, 6) is -0.352. The van der Waals surface area contributed by atoms with E-state index in [0.717, 1.165) is 0 Å². The molecular weight excluding hydrogens is 246 g/mol. The topological polar surface area (TPSA) is 87.2 Å². The van der Waals surface area contributed by atoms with E-state index < -0.39 is 4.92 Å². The first-order valence-electron chi connectivity index (χ1n) is 5.77. The van der Waals surface area contributed by atoms with Gasteiger partial charge in [-0.15, -0.1) is 0 Å². The number of benzene rings is 1. The van der Waals surface area contributed by atoms with Gasteiger partial charge < -0.3 is 4.90 Å². The molecular formula is C13H15N3O3. The van der Waals surface area contributed by atoms with Gasteiger partial charge in [0.1, 0.15) is 0 Å². The average molecular weight is 261 g/mol. The minimum absolute atomic E-state index is 0.0359. The van der Waals surface area contributed by atoms with Crippen molar-refractivity contribution in [1.29, 1.82) is 5.26 Å². The van der Waals surface area contributed by atoms with Gasteiger partial charge in [-0.1, -0.05) is 0 Å². The highest BCUT2D eigenvalue weighted by atomic mass is 16.6. The number of nitrogens with zero attached hydrogens (tertiary/aromatic N) is 3. The lowest BCUT2D eigenvalue weighted by Gasteiger charge is -2.25. The lowest BCUT2D eigenvalue weighted by atomic mass is 10.1. The quantitative estimate of drug-likeness (QED) is 0.461.